The van der Waals surface area contributed by atoms with Gasteiger partial charge in [0.15, 0.2) is 0 Å². The average Bonchev–Trinajstić information content (AvgIpc) is 2.38. The third-order valence-corrected chi connectivity index (χ3v) is 3.60. The Morgan fingerprint density at radius 2 is 2.33 bits per heavy atom. The topological polar surface area (TPSA) is 41.5 Å². The molecule has 1 unspecified atom stereocenters. The molecule has 18 heavy (non-hydrogen) atoms. The lowest BCUT2D eigenvalue weighted by Crippen LogP contribution is -2.21. The van der Waals surface area contributed by atoms with E-state index in [1.54, 1.807) is 13.2 Å². The largest absolute Gasteiger partial charge is 0.507 e. The Labute approximate surface area is 113 Å². The lowest BCUT2D eigenvalue weighted by molar-refractivity contribution is 0.404. The van der Waals surface area contributed by atoms with Gasteiger partial charge in [0.25, 0.3) is 0 Å². The zero-order valence-electron chi connectivity index (χ0n) is 11.0. The Morgan fingerprint density at radius 1 is 1.56 bits per heavy atom. The van der Waals surface area contributed by atoms with Crippen LogP contribution in [0.25, 0.3) is 0 Å². The van der Waals surface area contributed by atoms with Gasteiger partial charge in [0.05, 0.1) is 7.11 Å². The molecule has 100 valence electrons. The summed E-state index contributed by atoms with van der Waals surface area (Å²) in [6.45, 7) is 6.63. The van der Waals surface area contributed by atoms with E-state index in [-0.39, 0.29) is 11.8 Å². The van der Waals surface area contributed by atoms with Crippen molar-refractivity contribution in [1.29, 1.82) is 0 Å². The van der Waals surface area contributed by atoms with Crippen LogP contribution in [0.15, 0.2) is 30.9 Å². The minimum Gasteiger partial charge on any atom is -0.507 e. The molecular weight excluding hydrogens is 246 g/mol. The minimum atomic E-state index is 0.125. The van der Waals surface area contributed by atoms with Crippen LogP contribution >= 0.6 is 11.8 Å². The summed E-state index contributed by atoms with van der Waals surface area (Å²) in [7, 11) is 1.59. The van der Waals surface area contributed by atoms with E-state index < -0.39 is 0 Å². The predicted molar refractivity (Wildman–Crippen MR) is 78.6 cm³/mol. The molecule has 1 rings (SSSR count). The molecule has 0 fully saturated rings. The second kappa shape index (κ2) is 8.06. The zero-order valence-corrected chi connectivity index (χ0v) is 11.8. The number of benzene rings is 1. The Hall–Kier alpha value is -1.13. The summed E-state index contributed by atoms with van der Waals surface area (Å²) in [4.78, 5) is 0. The molecule has 0 spiro atoms. The van der Waals surface area contributed by atoms with Gasteiger partial charge in [-0.25, -0.2) is 0 Å². The van der Waals surface area contributed by atoms with Crippen molar-refractivity contribution in [2.75, 3.05) is 25.2 Å². The van der Waals surface area contributed by atoms with E-state index in [1.165, 1.54) is 0 Å². The maximum atomic E-state index is 9.90. The first-order valence-electron chi connectivity index (χ1n) is 5.98. The van der Waals surface area contributed by atoms with Gasteiger partial charge in [-0.15, -0.1) is 6.58 Å². The van der Waals surface area contributed by atoms with Crippen LogP contribution in [0.1, 0.15) is 18.5 Å². The van der Waals surface area contributed by atoms with Gasteiger partial charge in [-0.1, -0.05) is 12.1 Å². The fraction of sp³-hybridized carbons (Fsp3) is 0.429. The second-order valence-corrected chi connectivity index (χ2v) is 5.11. The molecule has 4 heteroatoms. The monoisotopic (exact) mass is 267 g/mol. The zero-order chi connectivity index (χ0) is 13.4. The minimum absolute atomic E-state index is 0.125. The van der Waals surface area contributed by atoms with Crippen molar-refractivity contribution in [1.82, 2.24) is 5.32 Å². The number of aromatic hydroxyl groups is 1. The van der Waals surface area contributed by atoms with Crippen LogP contribution in [0.4, 0.5) is 0 Å². The van der Waals surface area contributed by atoms with Crippen LogP contribution in [0.3, 0.4) is 0 Å². The molecule has 3 nitrogen and oxygen atoms in total. The molecule has 1 aromatic rings. The Balaban J connectivity index is 2.45. The molecule has 0 saturated heterocycles. The third kappa shape index (κ3) is 4.63. The van der Waals surface area contributed by atoms with E-state index in [0.29, 0.717) is 5.75 Å². The van der Waals surface area contributed by atoms with Crippen LogP contribution in [-0.2, 0) is 0 Å². The van der Waals surface area contributed by atoms with E-state index in [4.69, 9.17) is 4.74 Å². The molecule has 0 aromatic heterocycles. The molecular formula is C14H21NO2S. The molecule has 1 atom stereocenters. The molecule has 0 amide bonds. The Kier molecular flexibility index (Phi) is 6.68. The van der Waals surface area contributed by atoms with E-state index in [9.17, 15) is 5.11 Å². The van der Waals surface area contributed by atoms with Crippen molar-refractivity contribution in [2.45, 2.75) is 13.0 Å². The molecule has 0 radical (unpaired) electrons. The SMILES string of the molecule is C=CCSCCNC(C)c1ccc(OC)cc1O. The molecule has 0 aliphatic heterocycles. The van der Waals surface area contributed by atoms with Crippen molar-refractivity contribution in [3.05, 3.63) is 36.4 Å². The molecule has 0 saturated carbocycles. The first-order chi connectivity index (χ1) is 8.69. The molecule has 1 aromatic carbocycles. The Bertz CT molecular complexity index is 382. The standard InChI is InChI=1S/C14H21NO2S/c1-4-8-18-9-7-15-11(2)13-6-5-12(17-3)10-14(13)16/h4-6,10-11,15-16H,1,7-9H2,2-3H3. The number of nitrogens with one attached hydrogen (secondary N) is 1. The fourth-order valence-electron chi connectivity index (χ4n) is 1.64. The number of hydrogen-bond acceptors (Lipinski definition) is 4. The number of thioether (sulfide) groups is 1. The number of phenolic OH excluding ortho intramolecular Hbond substituents is 1. The molecule has 0 aliphatic rings. The van der Waals surface area contributed by atoms with Gasteiger partial charge in [0.2, 0.25) is 0 Å². The summed E-state index contributed by atoms with van der Waals surface area (Å²) in [6.07, 6.45) is 1.91. The quantitative estimate of drug-likeness (QED) is 0.561. The normalized spacial score (nSPS) is 12.1. The summed E-state index contributed by atoms with van der Waals surface area (Å²) in [6, 6.07) is 5.52. The first kappa shape index (κ1) is 14.9. The highest BCUT2D eigenvalue weighted by Crippen LogP contribution is 2.28. The van der Waals surface area contributed by atoms with Gasteiger partial charge in [-0.2, -0.15) is 11.8 Å². The average molecular weight is 267 g/mol. The highest BCUT2D eigenvalue weighted by atomic mass is 32.2. The van der Waals surface area contributed by atoms with Crippen molar-refractivity contribution in [2.24, 2.45) is 0 Å². The lowest BCUT2D eigenvalue weighted by Gasteiger charge is -2.16. The first-order valence-corrected chi connectivity index (χ1v) is 7.13. The van der Waals surface area contributed by atoms with Crippen molar-refractivity contribution in [3.8, 4) is 11.5 Å². The number of rotatable bonds is 8. The number of ether oxygens (including phenoxy) is 1. The summed E-state index contributed by atoms with van der Waals surface area (Å²) in [5.74, 6) is 2.95. The number of methoxy groups -OCH3 is 1. The van der Waals surface area contributed by atoms with E-state index in [2.05, 4.69) is 11.9 Å². The second-order valence-electron chi connectivity index (χ2n) is 3.96. The predicted octanol–water partition coefficient (Wildman–Crippen LogP) is 2.97. The van der Waals surface area contributed by atoms with Gasteiger partial charge in [-0.3, -0.25) is 0 Å². The van der Waals surface area contributed by atoms with Crippen LogP contribution < -0.4 is 10.1 Å². The van der Waals surface area contributed by atoms with E-state index in [1.807, 2.05) is 36.9 Å². The van der Waals surface area contributed by atoms with Gasteiger partial charge >= 0.3 is 0 Å². The maximum Gasteiger partial charge on any atom is 0.124 e. The molecule has 0 bridgehead atoms. The van der Waals surface area contributed by atoms with Gasteiger partial charge < -0.3 is 15.2 Å². The van der Waals surface area contributed by atoms with Crippen LogP contribution in [0, 0.1) is 0 Å². The third-order valence-electron chi connectivity index (χ3n) is 2.64. The highest BCUT2D eigenvalue weighted by molar-refractivity contribution is 7.99. The summed E-state index contributed by atoms with van der Waals surface area (Å²) >= 11 is 1.84. The number of phenols is 1. The van der Waals surface area contributed by atoms with E-state index >= 15 is 0 Å². The molecule has 0 heterocycles. The van der Waals surface area contributed by atoms with Crippen molar-refractivity contribution < 1.29 is 9.84 Å². The maximum absolute atomic E-state index is 9.90. The van der Waals surface area contributed by atoms with Crippen LogP contribution in [-0.4, -0.2) is 30.3 Å². The van der Waals surface area contributed by atoms with Gasteiger partial charge in [0, 0.05) is 35.7 Å². The lowest BCUT2D eigenvalue weighted by atomic mass is 10.1. The number of hydrogen-bond donors (Lipinski definition) is 2. The van der Waals surface area contributed by atoms with Gasteiger partial charge in [-0.05, 0) is 13.0 Å². The van der Waals surface area contributed by atoms with Crippen molar-refractivity contribution in [3.63, 3.8) is 0 Å². The molecule has 0 aliphatic carbocycles. The van der Waals surface area contributed by atoms with Crippen LogP contribution in [0.5, 0.6) is 11.5 Å². The van der Waals surface area contributed by atoms with Crippen molar-refractivity contribution >= 4 is 11.8 Å². The fourth-order valence-corrected chi connectivity index (χ4v) is 2.24. The highest BCUT2D eigenvalue weighted by Gasteiger charge is 2.10. The summed E-state index contributed by atoms with van der Waals surface area (Å²) < 4.78 is 5.06. The Morgan fingerprint density at radius 3 is 2.94 bits per heavy atom. The van der Waals surface area contributed by atoms with Crippen LogP contribution in [0.2, 0.25) is 0 Å². The summed E-state index contributed by atoms with van der Waals surface area (Å²) in [5.41, 5.74) is 0.893. The van der Waals surface area contributed by atoms with Gasteiger partial charge in [0.1, 0.15) is 11.5 Å². The summed E-state index contributed by atoms with van der Waals surface area (Å²) in [5, 5.41) is 13.3. The smallest absolute Gasteiger partial charge is 0.124 e. The molecule has 2 N–H and O–H groups in total. The van der Waals surface area contributed by atoms with E-state index in [0.717, 1.165) is 23.6 Å².